The highest BCUT2D eigenvalue weighted by molar-refractivity contribution is 5.68. The van der Waals surface area contributed by atoms with Gasteiger partial charge in [-0.15, -0.1) is 0 Å². The maximum absolute atomic E-state index is 10.9. The van der Waals surface area contributed by atoms with Crippen molar-refractivity contribution in [3.05, 3.63) is 11.6 Å². The molecule has 0 aromatic heterocycles. The number of carbonyl (C=O) groups is 1. The summed E-state index contributed by atoms with van der Waals surface area (Å²) in [6, 6.07) is 0. The smallest absolute Gasteiger partial charge is 0.306 e. The lowest BCUT2D eigenvalue weighted by Crippen LogP contribution is -2.40. The molecule has 0 bridgehead atoms. The number of hydrogen-bond acceptors (Lipinski definition) is 3. The molecule has 0 saturated carbocycles. The summed E-state index contributed by atoms with van der Waals surface area (Å²) in [7, 11) is 0. The van der Waals surface area contributed by atoms with Crippen LogP contribution < -0.4 is 0 Å². The molecule has 3 atom stereocenters. The lowest BCUT2D eigenvalue weighted by Gasteiger charge is -2.38. The lowest BCUT2D eigenvalue weighted by atomic mass is 9.81. The van der Waals surface area contributed by atoms with Crippen molar-refractivity contribution in [3.8, 4) is 0 Å². The van der Waals surface area contributed by atoms with Crippen LogP contribution in [0, 0.1) is 5.92 Å². The highest BCUT2D eigenvalue weighted by Crippen LogP contribution is 2.37. The van der Waals surface area contributed by atoms with Crippen molar-refractivity contribution in [2.24, 2.45) is 5.92 Å². The summed E-state index contributed by atoms with van der Waals surface area (Å²) < 4.78 is 0. The zero-order valence-electron chi connectivity index (χ0n) is 14.6. The quantitative estimate of drug-likeness (QED) is 0.461. The Balaban J connectivity index is 2.85. The maximum atomic E-state index is 10.9. The van der Waals surface area contributed by atoms with Gasteiger partial charge < -0.3 is 5.11 Å². The molecule has 1 aliphatic heterocycles. The monoisotopic (exact) mass is 312 g/mol. The molecule has 4 nitrogen and oxygen atoms in total. The average Bonchev–Trinajstić information content (AvgIpc) is 2.52. The molecule has 1 N–H and O–H groups in total. The number of carboxylic acids is 1. The fourth-order valence-corrected chi connectivity index (χ4v) is 3.15. The van der Waals surface area contributed by atoms with Gasteiger partial charge in [-0.25, -0.2) is 9.78 Å². The van der Waals surface area contributed by atoms with Crippen LogP contribution in [0.15, 0.2) is 11.6 Å². The van der Waals surface area contributed by atoms with E-state index in [0.717, 1.165) is 31.3 Å². The molecule has 0 aromatic rings. The fourth-order valence-electron chi connectivity index (χ4n) is 3.15. The van der Waals surface area contributed by atoms with E-state index in [-0.39, 0.29) is 6.42 Å². The molecule has 0 aromatic carbocycles. The highest BCUT2D eigenvalue weighted by atomic mass is 17.2. The Labute approximate surface area is 134 Å². The van der Waals surface area contributed by atoms with Gasteiger partial charge in [-0.1, -0.05) is 53.4 Å². The van der Waals surface area contributed by atoms with Gasteiger partial charge in [0.2, 0.25) is 0 Å². The van der Waals surface area contributed by atoms with Crippen LogP contribution in [-0.4, -0.2) is 22.8 Å². The molecule has 128 valence electrons. The van der Waals surface area contributed by atoms with Crippen LogP contribution in [0.25, 0.3) is 0 Å². The normalized spacial score (nSPS) is 26.5. The van der Waals surface area contributed by atoms with Crippen LogP contribution in [0.4, 0.5) is 0 Å². The van der Waals surface area contributed by atoms with Crippen LogP contribution in [0.1, 0.15) is 79.1 Å². The summed E-state index contributed by atoms with van der Waals surface area (Å²) >= 11 is 0. The molecule has 1 aliphatic rings. The second-order valence-electron chi connectivity index (χ2n) is 6.38. The Kier molecular flexibility index (Phi) is 8.12. The van der Waals surface area contributed by atoms with Gasteiger partial charge in [0.05, 0.1) is 6.42 Å². The molecule has 4 heteroatoms. The van der Waals surface area contributed by atoms with E-state index < -0.39 is 17.7 Å². The fraction of sp³-hybridized carbons (Fsp3) is 0.833. The summed E-state index contributed by atoms with van der Waals surface area (Å²) in [5, 5.41) is 8.98. The van der Waals surface area contributed by atoms with Gasteiger partial charge in [-0.2, -0.15) is 0 Å². The van der Waals surface area contributed by atoms with Crippen LogP contribution in [0.2, 0.25) is 0 Å². The largest absolute Gasteiger partial charge is 0.481 e. The average molecular weight is 312 g/mol. The van der Waals surface area contributed by atoms with Crippen LogP contribution in [-0.2, 0) is 14.6 Å². The third-order valence-corrected chi connectivity index (χ3v) is 4.74. The number of unbranched alkanes of at least 4 members (excludes halogenated alkanes) is 1. The third kappa shape index (κ3) is 5.40. The van der Waals surface area contributed by atoms with Gasteiger partial charge >= 0.3 is 5.97 Å². The van der Waals surface area contributed by atoms with E-state index in [4.69, 9.17) is 14.9 Å². The summed E-state index contributed by atoms with van der Waals surface area (Å²) in [5.74, 6) is -0.236. The summed E-state index contributed by atoms with van der Waals surface area (Å²) in [5.41, 5.74) is 0.662. The van der Waals surface area contributed by atoms with E-state index in [1.807, 2.05) is 6.92 Å². The summed E-state index contributed by atoms with van der Waals surface area (Å²) in [6.07, 6.45) is 9.07. The minimum atomic E-state index is -0.855. The van der Waals surface area contributed by atoms with Gasteiger partial charge in [-0.05, 0) is 36.8 Å². The maximum Gasteiger partial charge on any atom is 0.306 e. The van der Waals surface area contributed by atoms with Gasteiger partial charge in [0.25, 0.3) is 0 Å². The SMILES string of the molecule is CCCCC(CC)CC1(CC)C=C(CC)C(CC(=O)O)OO1. The molecule has 0 saturated heterocycles. The van der Waals surface area contributed by atoms with Crippen molar-refractivity contribution in [2.75, 3.05) is 0 Å². The first-order chi connectivity index (χ1) is 10.5. The van der Waals surface area contributed by atoms with E-state index in [0.29, 0.717) is 5.92 Å². The van der Waals surface area contributed by atoms with Crippen molar-refractivity contribution in [2.45, 2.75) is 90.8 Å². The molecule has 0 radical (unpaired) electrons. The Morgan fingerprint density at radius 2 is 2.09 bits per heavy atom. The van der Waals surface area contributed by atoms with E-state index in [9.17, 15) is 4.79 Å². The molecule has 0 amide bonds. The van der Waals surface area contributed by atoms with E-state index in [1.165, 1.54) is 19.3 Å². The van der Waals surface area contributed by atoms with Crippen molar-refractivity contribution >= 4 is 5.97 Å². The minimum Gasteiger partial charge on any atom is -0.481 e. The van der Waals surface area contributed by atoms with Gasteiger partial charge in [0.1, 0.15) is 11.7 Å². The molecule has 0 fully saturated rings. The zero-order chi connectivity index (χ0) is 16.6. The zero-order valence-corrected chi connectivity index (χ0v) is 14.6. The number of hydrogen-bond donors (Lipinski definition) is 1. The van der Waals surface area contributed by atoms with Gasteiger partial charge in [-0.3, -0.25) is 4.79 Å². The van der Waals surface area contributed by atoms with E-state index >= 15 is 0 Å². The molecule has 1 rings (SSSR count). The predicted molar refractivity (Wildman–Crippen MR) is 87.5 cm³/mol. The Morgan fingerprint density at radius 3 is 2.59 bits per heavy atom. The molecule has 3 unspecified atom stereocenters. The Morgan fingerprint density at radius 1 is 1.36 bits per heavy atom. The van der Waals surface area contributed by atoms with E-state index in [2.05, 4.69) is 26.8 Å². The van der Waals surface area contributed by atoms with Crippen LogP contribution in [0.3, 0.4) is 0 Å². The summed E-state index contributed by atoms with van der Waals surface area (Å²) in [4.78, 5) is 22.2. The Hall–Kier alpha value is -0.870. The molecule has 1 heterocycles. The van der Waals surface area contributed by atoms with Crippen molar-refractivity contribution in [3.63, 3.8) is 0 Å². The minimum absolute atomic E-state index is 0.0352. The lowest BCUT2D eigenvalue weighted by molar-refractivity contribution is -0.379. The Bertz CT molecular complexity index is 377. The standard InChI is InChI=1S/C18H32O4/c1-5-9-10-14(6-2)12-18(8-4)13-15(7-3)16(21-22-18)11-17(19)20/h13-14,16H,5-12H2,1-4H3,(H,19,20). The molecule has 22 heavy (non-hydrogen) atoms. The van der Waals surface area contributed by atoms with Crippen LogP contribution >= 0.6 is 0 Å². The van der Waals surface area contributed by atoms with Crippen molar-refractivity contribution in [1.82, 2.24) is 0 Å². The molecular weight excluding hydrogens is 280 g/mol. The first-order valence-corrected chi connectivity index (χ1v) is 8.78. The van der Waals surface area contributed by atoms with Crippen LogP contribution in [0.5, 0.6) is 0 Å². The highest BCUT2D eigenvalue weighted by Gasteiger charge is 2.37. The molecule has 0 aliphatic carbocycles. The number of carboxylic acid groups (broad SMARTS) is 1. The second-order valence-corrected chi connectivity index (χ2v) is 6.38. The molecular formula is C18H32O4. The van der Waals surface area contributed by atoms with E-state index in [1.54, 1.807) is 0 Å². The second kappa shape index (κ2) is 9.31. The predicted octanol–water partition coefficient (Wildman–Crippen LogP) is 4.88. The number of aliphatic carboxylic acids is 1. The topological polar surface area (TPSA) is 55.8 Å². The van der Waals surface area contributed by atoms with Gasteiger partial charge in [0.15, 0.2) is 0 Å². The first-order valence-electron chi connectivity index (χ1n) is 8.78. The first kappa shape index (κ1) is 19.2. The van der Waals surface area contributed by atoms with Crippen molar-refractivity contribution < 1.29 is 19.7 Å². The van der Waals surface area contributed by atoms with Crippen molar-refractivity contribution in [1.29, 1.82) is 0 Å². The summed E-state index contributed by atoms with van der Waals surface area (Å²) in [6.45, 7) is 8.60. The molecule has 0 spiro atoms. The third-order valence-electron chi connectivity index (χ3n) is 4.74. The number of rotatable bonds is 10. The van der Waals surface area contributed by atoms with Gasteiger partial charge in [0, 0.05) is 0 Å².